The van der Waals surface area contributed by atoms with E-state index in [9.17, 15) is 8.42 Å². The van der Waals surface area contributed by atoms with E-state index >= 15 is 0 Å². The molecule has 0 spiro atoms. The van der Waals surface area contributed by atoms with Crippen LogP contribution < -0.4 is 4.72 Å². The molecule has 0 aliphatic carbocycles. The Labute approximate surface area is 129 Å². The molecule has 1 aliphatic heterocycles. The molecule has 0 saturated carbocycles. The van der Waals surface area contributed by atoms with Gasteiger partial charge in [0.05, 0.1) is 6.04 Å². The van der Waals surface area contributed by atoms with Crippen LogP contribution in [0.4, 0.5) is 0 Å². The topological polar surface area (TPSA) is 88.3 Å². The van der Waals surface area contributed by atoms with Crippen LogP contribution >= 0.6 is 0 Å². The number of nitrogens with zero attached hydrogens (tertiary/aromatic N) is 3. The third-order valence-corrected chi connectivity index (χ3v) is 5.38. The summed E-state index contributed by atoms with van der Waals surface area (Å²) in [5.41, 5.74) is 2.15. The predicted molar refractivity (Wildman–Crippen MR) is 79.9 cm³/mol. The van der Waals surface area contributed by atoms with Gasteiger partial charge in [-0.25, -0.2) is 4.63 Å². The van der Waals surface area contributed by atoms with Gasteiger partial charge in [0.2, 0.25) is 0 Å². The number of nitrogens with one attached hydrogen (secondary N) is 1. The lowest BCUT2D eigenvalue weighted by Crippen LogP contribution is -2.40. The average Bonchev–Trinajstić information content (AvgIpc) is 3.15. The fourth-order valence-electron chi connectivity index (χ4n) is 2.69. The zero-order valence-electron chi connectivity index (χ0n) is 12.3. The molecule has 1 saturated heterocycles. The van der Waals surface area contributed by atoms with Gasteiger partial charge in [-0.2, -0.15) is 17.4 Å². The van der Waals surface area contributed by atoms with Crippen LogP contribution in [0.25, 0.3) is 0 Å². The lowest BCUT2D eigenvalue weighted by atomic mass is 10.1. The number of aryl methyl sites for hydroxylation is 1. The molecule has 7 nitrogen and oxygen atoms in total. The van der Waals surface area contributed by atoms with Crippen molar-refractivity contribution in [1.29, 1.82) is 0 Å². The molecule has 1 aromatic heterocycles. The first-order valence-corrected chi connectivity index (χ1v) is 8.61. The van der Waals surface area contributed by atoms with Crippen LogP contribution in [0.5, 0.6) is 0 Å². The van der Waals surface area contributed by atoms with E-state index in [2.05, 4.69) is 15.0 Å². The van der Waals surface area contributed by atoms with Gasteiger partial charge in [0.15, 0.2) is 0 Å². The van der Waals surface area contributed by atoms with Crippen molar-refractivity contribution in [2.75, 3.05) is 6.54 Å². The Bertz CT molecular complexity index is 730. The minimum atomic E-state index is -3.58. The number of benzene rings is 1. The van der Waals surface area contributed by atoms with Crippen molar-refractivity contribution in [2.45, 2.75) is 32.4 Å². The van der Waals surface area contributed by atoms with Crippen molar-refractivity contribution in [3.63, 3.8) is 0 Å². The molecule has 0 bridgehead atoms. The van der Waals surface area contributed by atoms with Gasteiger partial charge in [0.25, 0.3) is 10.2 Å². The molecule has 3 rings (SSSR count). The quantitative estimate of drug-likeness (QED) is 0.902. The Morgan fingerprint density at radius 1 is 1.32 bits per heavy atom. The number of hydrogen-bond donors (Lipinski definition) is 1. The van der Waals surface area contributed by atoms with E-state index in [0.717, 1.165) is 18.4 Å². The molecule has 2 aromatic rings. The third kappa shape index (κ3) is 3.03. The largest absolute Gasteiger partial charge is 0.280 e. The second-order valence-corrected chi connectivity index (χ2v) is 7.02. The van der Waals surface area contributed by atoms with Gasteiger partial charge in [0.1, 0.15) is 11.4 Å². The maximum Gasteiger partial charge on any atom is 0.280 e. The molecule has 118 valence electrons. The van der Waals surface area contributed by atoms with Gasteiger partial charge in [0, 0.05) is 13.1 Å². The summed E-state index contributed by atoms with van der Waals surface area (Å²) in [5.74, 6) is 0. The fraction of sp³-hybridized carbons (Fsp3) is 0.429. The zero-order valence-corrected chi connectivity index (χ0v) is 13.1. The highest BCUT2D eigenvalue weighted by Gasteiger charge is 2.37. The van der Waals surface area contributed by atoms with Crippen molar-refractivity contribution in [2.24, 2.45) is 0 Å². The van der Waals surface area contributed by atoms with Gasteiger partial charge in [-0.1, -0.05) is 40.6 Å². The molecule has 22 heavy (non-hydrogen) atoms. The van der Waals surface area contributed by atoms with Gasteiger partial charge in [-0.05, 0) is 25.3 Å². The highest BCUT2D eigenvalue weighted by Crippen LogP contribution is 2.33. The van der Waals surface area contributed by atoms with E-state index in [-0.39, 0.29) is 12.6 Å². The second-order valence-electron chi connectivity index (χ2n) is 5.32. The van der Waals surface area contributed by atoms with Crippen LogP contribution in [-0.2, 0) is 16.8 Å². The van der Waals surface area contributed by atoms with E-state index in [4.69, 9.17) is 4.63 Å². The molecular weight excluding hydrogens is 304 g/mol. The summed E-state index contributed by atoms with van der Waals surface area (Å²) in [6.45, 7) is 2.51. The van der Waals surface area contributed by atoms with Crippen LogP contribution in [0.1, 0.15) is 35.8 Å². The van der Waals surface area contributed by atoms with Gasteiger partial charge in [-0.15, -0.1) is 0 Å². The van der Waals surface area contributed by atoms with Crippen molar-refractivity contribution in [3.8, 4) is 0 Å². The highest BCUT2D eigenvalue weighted by molar-refractivity contribution is 7.87. The minimum absolute atomic E-state index is 0.266. The first kappa shape index (κ1) is 15.1. The Morgan fingerprint density at radius 3 is 2.77 bits per heavy atom. The Balaban J connectivity index is 1.75. The molecule has 1 atom stereocenters. The van der Waals surface area contributed by atoms with Gasteiger partial charge < -0.3 is 0 Å². The van der Waals surface area contributed by atoms with Crippen LogP contribution in [0, 0.1) is 6.92 Å². The van der Waals surface area contributed by atoms with E-state index in [0.29, 0.717) is 17.9 Å². The standard InChI is InChI=1S/C14H18N4O3S/c1-11-14(17-21-16-11)13-8-5-9-18(13)22(19,20)15-10-12-6-3-2-4-7-12/h2-4,6-7,13,15H,5,8-10H2,1H3/t13-/m1/s1. The van der Waals surface area contributed by atoms with Crippen molar-refractivity contribution in [1.82, 2.24) is 19.3 Å². The summed E-state index contributed by atoms with van der Waals surface area (Å²) in [5, 5.41) is 7.60. The average molecular weight is 322 g/mol. The molecular formula is C14H18N4O3S. The number of hydrogen-bond acceptors (Lipinski definition) is 5. The summed E-state index contributed by atoms with van der Waals surface area (Å²) < 4.78 is 33.9. The van der Waals surface area contributed by atoms with Crippen LogP contribution in [0.3, 0.4) is 0 Å². The Hall–Kier alpha value is -1.77. The van der Waals surface area contributed by atoms with E-state index in [1.807, 2.05) is 30.3 Å². The minimum Gasteiger partial charge on any atom is -0.244 e. The first-order valence-electron chi connectivity index (χ1n) is 7.17. The molecule has 1 fully saturated rings. The van der Waals surface area contributed by atoms with Gasteiger partial charge >= 0.3 is 0 Å². The molecule has 0 unspecified atom stereocenters. The van der Waals surface area contributed by atoms with Crippen molar-refractivity contribution < 1.29 is 13.0 Å². The Kier molecular flexibility index (Phi) is 4.23. The third-order valence-electron chi connectivity index (χ3n) is 3.82. The van der Waals surface area contributed by atoms with Gasteiger partial charge in [-0.3, -0.25) is 0 Å². The summed E-state index contributed by atoms with van der Waals surface area (Å²) in [6.07, 6.45) is 1.52. The fourth-order valence-corrected chi connectivity index (χ4v) is 4.12. The highest BCUT2D eigenvalue weighted by atomic mass is 32.2. The SMILES string of the molecule is Cc1nonc1[C@H]1CCCN1S(=O)(=O)NCc1ccccc1. The monoisotopic (exact) mass is 322 g/mol. The van der Waals surface area contributed by atoms with E-state index < -0.39 is 10.2 Å². The van der Waals surface area contributed by atoms with Crippen LogP contribution in [-0.4, -0.2) is 29.6 Å². The van der Waals surface area contributed by atoms with E-state index in [1.54, 1.807) is 6.92 Å². The van der Waals surface area contributed by atoms with Crippen LogP contribution in [0.2, 0.25) is 0 Å². The second kappa shape index (κ2) is 6.15. The first-order chi connectivity index (χ1) is 10.6. The Morgan fingerprint density at radius 2 is 2.09 bits per heavy atom. The molecule has 0 amide bonds. The lowest BCUT2D eigenvalue weighted by Gasteiger charge is -2.22. The number of aromatic nitrogens is 2. The van der Waals surface area contributed by atoms with Crippen molar-refractivity contribution in [3.05, 3.63) is 47.3 Å². The molecule has 1 aliphatic rings. The van der Waals surface area contributed by atoms with Crippen molar-refractivity contribution >= 4 is 10.2 Å². The maximum absolute atomic E-state index is 12.6. The lowest BCUT2D eigenvalue weighted by molar-refractivity contribution is 0.290. The maximum atomic E-state index is 12.6. The summed E-state index contributed by atoms with van der Waals surface area (Å²) in [6, 6.07) is 9.12. The van der Waals surface area contributed by atoms with Crippen LogP contribution in [0.15, 0.2) is 35.0 Å². The molecule has 1 aromatic carbocycles. The molecule has 1 N–H and O–H groups in total. The van der Waals surface area contributed by atoms with E-state index in [1.165, 1.54) is 4.31 Å². The normalized spacial score (nSPS) is 19.6. The smallest absolute Gasteiger partial charge is 0.244 e. The molecule has 0 radical (unpaired) electrons. The summed E-state index contributed by atoms with van der Waals surface area (Å²) in [7, 11) is -3.58. The zero-order chi connectivity index (χ0) is 15.6. The predicted octanol–water partition coefficient (Wildman–Crippen LogP) is 1.55. The number of rotatable bonds is 5. The molecule has 8 heteroatoms. The molecule has 2 heterocycles. The summed E-state index contributed by atoms with van der Waals surface area (Å²) >= 11 is 0. The summed E-state index contributed by atoms with van der Waals surface area (Å²) in [4.78, 5) is 0.